The fourth-order valence-corrected chi connectivity index (χ4v) is 1.85. The molecule has 0 atom stereocenters. The van der Waals surface area contributed by atoms with Crippen molar-refractivity contribution in [1.29, 1.82) is 0 Å². The molecule has 1 aromatic heterocycles. The molecule has 0 aliphatic carbocycles. The summed E-state index contributed by atoms with van der Waals surface area (Å²) >= 11 is 0. The van der Waals surface area contributed by atoms with E-state index in [2.05, 4.69) is 15.3 Å². The van der Waals surface area contributed by atoms with Gasteiger partial charge in [-0.25, -0.2) is 9.97 Å². The zero-order chi connectivity index (χ0) is 15.9. The van der Waals surface area contributed by atoms with Crippen molar-refractivity contribution in [3.8, 4) is 11.5 Å². The molecule has 0 saturated carbocycles. The number of hydrogen-bond acceptors (Lipinski definition) is 6. The zero-order valence-corrected chi connectivity index (χ0v) is 12.5. The molecule has 2 rings (SSSR count). The fraction of sp³-hybridized carbons (Fsp3) is 0.267. The lowest BCUT2D eigenvalue weighted by atomic mass is 10.2. The first-order valence-electron chi connectivity index (χ1n) is 6.93. The average molecular weight is 302 g/mol. The quantitative estimate of drug-likeness (QED) is 0.847. The smallest absolute Gasteiger partial charge is 0.278 e. The van der Waals surface area contributed by atoms with Gasteiger partial charge in [0.1, 0.15) is 11.5 Å². The summed E-state index contributed by atoms with van der Waals surface area (Å²) < 4.78 is 10.9. The van der Waals surface area contributed by atoms with Crippen LogP contribution < -0.4 is 20.5 Å². The van der Waals surface area contributed by atoms with E-state index in [0.717, 1.165) is 0 Å². The van der Waals surface area contributed by atoms with Crippen molar-refractivity contribution >= 4 is 17.4 Å². The van der Waals surface area contributed by atoms with Crippen LogP contribution in [0.15, 0.2) is 30.6 Å². The van der Waals surface area contributed by atoms with E-state index in [1.54, 1.807) is 18.2 Å². The van der Waals surface area contributed by atoms with Gasteiger partial charge in [0.05, 0.1) is 18.9 Å². The molecular formula is C15H18N4O3. The van der Waals surface area contributed by atoms with Gasteiger partial charge in [-0.15, -0.1) is 0 Å². The summed E-state index contributed by atoms with van der Waals surface area (Å²) in [6, 6.07) is 5.21. The average Bonchev–Trinajstić information content (AvgIpc) is 2.50. The van der Waals surface area contributed by atoms with E-state index in [0.29, 0.717) is 30.4 Å². The summed E-state index contributed by atoms with van der Waals surface area (Å²) in [4.78, 5) is 20.1. The molecule has 0 aliphatic heterocycles. The molecule has 1 amide bonds. The maximum absolute atomic E-state index is 12.3. The van der Waals surface area contributed by atoms with Gasteiger partial charge < -0.3 is 20.5 Å². The molecule has 2 aromatic rings. The van der Waals surface area contributed by atoms with E-state index >= 15 is 0 Å². The highest BCUT2D eigenvalue weighted by molar-refractivity contribution is 6.06. The molecule has 0 bridgehead atoms. The van der Waals surface area contributed by atoms with Crippen LogP contribution in [0, 0.1) is 0 Å². The number of nitrogens with one attached hydrogen (secondary N) is 1. The molecule has 116 valence electrons. The van der Waals surface area contributed by atoms with Crippen molar-refractivity contribution in [1.82, 2.24) is 9.97 Å². The number of carbonyl (C=O) groups is 1. The molecule has 1 aromatic carbocycles. The molecular weight excluding hydrogens is 284 g/mol. The van der Waals surface area contributed by atoms with E-state index in [1.807, 2.05) is 13.8 Å². The number of nitrogen functional groups attached to an aromatic ring is 1. The van der Waals surface area contributed by atoms with Gasteiger partial charge in [-0.3, -0.25) is 4.79 Å². The number of carbonyl (C=O) groups excluding carboxylic acids is 1. The second-order valence-corrected chi connectivity index (χ2v) is 4.27. The standard InChI is InChI=1S/C15H18N4O3/c1-3-21-10-5-6-12(22-4-2)11(9-10)19-15(20)13-14(16)18-8-7-17-13/h5-9H,3-4H2,1-2H3,(H2,16,18)(H,19,20). The number of benzene rings is 1. The Morgan fingerprint density at radius 2 is 1.91 bits per heavy atom. The monoisotopic (exact) mass is 302 g/mol. The highest BCUT2D eigenvalue weighted by atomic mass is 16.5. The Morgan fingerprint density at radius 3 is 2.59 bits per heavy atom. The fourth-order valence-electron chi connectivity index (χ4n) is 1.85. The Labute approximate surface area is 128 Å². The van der Waals surface area contributed by atoms with Gasteiger partial charge in [-0.2, -0.15) is 0 Å². The third kappa shape index (κ3) is 3.63. The lowest BCUT2D eigenvalue weighted by molar-refractivity contribution is 0.102. The molecule has 7 heteroatoms. The Morgan fingerprint density at radius 1 is 1.18 bits per heavy atom. The Bertz CT molecular complexity index is 661. The second kappa shape index (κ2) is 7.26. The van der Waals surface area contributed by atoms with E-state index in [4.69, 9.17) is 15.2 Å². The minimum atomic E-state index is -0.458. The Balaban J connectivity index is 2.28. The van der Waals surface area contributed by atoms with Crippen LogP contribution in [0.5, 0.6) is 11.5 Å². The molecule has 0 spiro atoms. The first-order valence-corrected chi connectivity index (χ1v) is 6.93. The molecule has 0 aliphatic rings. The number of amides is 1. The largest absolute Gasteiger partial charge is 0.494 e. The van der Waals surface area contributed by atoms with Crippen molar-refractivity contribution < 1.29 is 14.3 Å². The topological polar surface area (TPSA) is 99.4 Å². The van der Waals surface area contributed by atoms with Gasteiger partial charge in [0.15, 0.2) is 11.5 Å². The van der Waals surface area contributed by atoms with Crippen LogP contribution in [0.25, 0.3) is 0 Å². The van der Waals surface area contributed by atoms with Crippen molar-refractivity contribution in [3.63, 3.8) is 0 Å². The predicted molar refractivity (Wildman–Crippen MR) is 83.2 cm³/mol. The summed E-state index contributed by atoms with van der Waals surface area (Å²) in [6.45, 7) is 4.75. The van der Waals surface area contributed by atoms with E-state index < -0.39 is 5.91 Å². The summed E-state index contributed by atoms with van der Waals surface area (Å²) in [7, 11) is 0. The van der Waals surface area contributed by atoms with Gasteiger partial charge in [-0.1, -0.05) is 0 Å². The molecule has 0 saturated heterocycles. The van der Waals surface area contributed by atoms with Crippen molar-refractivity contribution in [2.45, 2.75) is 13.8 Å². The summed E-state index contributed by atoms with van der Waals surface area (Å²) in [5.74, 6) is 0.786. The summed E-state index contributed by atoms with van der Waals surface area (Å²) in [5, 5.41) is 2.72. The normalized spacial score (nSPS) is 10.1. The third-order valence-electron chi connectivity index (χ3n) is 2.75. The van der Waals surface area contributed by atoms with Crippen molar-refractivity contribution in [2.75, 3.05) is 24.3 Å². The van der Waals surface area contributed by atoms with Crippen LogP contribution in [0.4, 0.5) is 11.5 Å². The third-order valence-corrected chi connectivity index (χ3v) is 2.75. The van der Waals surface area contributed by atoms with E-state index in [-0.39, 0.29) is 11.5 Å². The van der Waals surface area contributed by atoms with Crippen LogP contribution in [0.1, 0.15) is 24.3 Å². The SMILES string of the molecule is CCOc1ccc(OCC)c(NC(=O)c2nccnc2N)c1. The predicted octanol–water partition coefficient (Wildman–Crippen LogP) is 2.11. The van der Waals surface area contributed by atoms with E-state index in [1.165, 1.54) is 12.4 Å². The van der Waals surface area contributed by atoms with Gasteiger partial charge in [0.2, 0.25) is 0 Å². The first kappa shape index (κ1) is 15.6. The Kier molecular flexibility index (Phi) is 5.13. The summed E-state index contributed by atoms with van der Waals surface area (Å²) in [5.41, 5.74) is 6.21. The van der Waals surface area contributed by atoms with Crippen LogP contribution in [-0.4, -0.2) is 29.1 Å². The number of nitrogens with two attached hydrogens (primary N) is 1. The molecule has 3 N–H and O–H groups in total. The maximum atomic E-state index is 12.3. The van der Waals surface area contributed by atoms with Crippen molar-refractivity contribution in [3.05, 3.63) is 36.3 Å². The van der Waals surface area contributed by atoms with Crippen LogP contribution >= 0.6 is 0 Å². The minimum Gasteiger partial charge on any atom is -0.494 e. The second-order valence-electron chi connectivity index (χ2n) is 4.27. The van der Waals surface area contributed by atoms with Gasteiger partial charge in [-0.05, 0) is 26.0 Å². The van der Waals surface area contributed by atoms with Gasteiger partial charge >= 0.3 is 0 Å². The molecule has 7 nitrogen and oxygen atoms in total. The zero-order valence-electron chi connectivity index (χ0n) is 12.5. The molecule has 0 fully saturated rings. The van der Waals surface area contributed by atoms with Crippen LogP contribution in [0.2, 0.25) is 0 Å². The van der Waals surface area contributed by atoms with Crippen molar-refractivity contribution in [2.24, 2.45) is 0 Å². The van der Waals surface area contributed by atoms with Crippen LogP contribution in [-0.2, 0) is 0 Å². The summed E-state index contributed by atoms with van der Waals surface area (Å²) in [6.07, 6.45) is 2.83. The lowest BCUT2D eigenvalue weighted by Gasteiger charge is -2.13. The lowest BCUT2D eigenvalue weighted by Crippen LogP contribution is -2.17. The molecule has 0 radical (unpaired) electrons. The molecule has 22 heavy (non-hydrogen) atoms. The minimum absolute atomic E-state index is 0.0618. The number of hydrogen-bond donors (Lipinski definition) is 2. The molecule has 0 unspecified atom stereocenters. The van der Waals surface area contributed by atoms with Crippen LogP contribution in [0.3, 0.4) is 0 Å². The van der Waals surface area contributed by atoms with Gasteiger partial charge in [0.25, 0.3) is 5.91 Å². The Hall–Kier alpha value is -2.83. The number of ether oxygens (including phenoxy) is 2. The number of rotatable bonds is 6. The number of nitrogens with zero attached hydrogens (tertiary/aromatic N) is 2. The molecule has 1 heterocycles. The number of anilines is 2. The number of aromatic nitrogens is 2. The van der Waals surface area contributed by atoms with E-state index in [9.17, 15) is 4.79 Å². The maximum Gasteiger partial charge on any atom is 0.278 e. The highest BCUT2D eigenvalue weighted by Crippen LogP contribution is 2.30. The first-order chi connectivity index (χ1) is 10.7. The van der Waals surface area contributed by atoms with Gasteiger partial charge in [0, 0.05) is 18.5 Å². The highest BCUT2D eigenvalue weighted by Gasteiger charge is 2.15.